The molecule has 0 atom stereocenters. The third-order valence-electron chi connectivity index (χ3n) is 6.32. The highest BCUT2D eigenvalue weighted by molar-refractivity contribution is 5.88. The zero-order chi connectivity index (χ0) is 24.6. The molecule has 33 heavy (non-hydrogen) atoms. The number of fused-ring (bicyclic) bond motifs is 3. The second kappa shape index (κ2) is 9.05. The second-order valence-electron chi connectivity index (χ2n) is 9.37. The molecule has 0 radical (unpaired) electrons. The molecule has 0 unspecified atom stereocenters. The van der Waals surface area contributed by atoms with Crippen molar-refractivity contribution in [1.29, 1.82) is 0 Å². The molecule has 0 saturated carbocycles. The van der Waals surface area contributed by atoms with Crippen molar-refractivity contribution in [2.45, 2.75) is 65.3 Å². The standard InChI is InChI=1S/C26H32N2O5/c1-8-25(2,3)28-14-18-11-17(9-10-26(4,5)33-7)19(16-32-6)12-20(18)22-13-23(29)21(24(30)31)15-27(22)28/h11-13,15H,8,14,16H2,1-7H3,(H,30,31). The molecule has 2 heterocycles. The molecule has 1 N–H and O–H groups in total. The van der Waals surface area contributed by atoms with Gasteiger partial charge in [0.15, 0.2) is 5.43 Å². The average molecular weight is 453 g/mol. The maximum atomic E-state index is 12.6. The number of hydrogen-bond donors (Lipinski definition) is 1. The molecule has 7 heteroatoms. The smallest absolute Gasteiger partial charge is 0.341 e. The van der Waals surface area contributed by atoms with Gasteiger partial charge < -0.3 is 19.6 Å². The van der Waals surface area contributed by atoms with E-state index in [4.69, 9.17) is 9.47 Å². The highest BCUT2D eigenvalue weighted by Gasteiger charge is 2.32. The quantitative estimate of drug-likeness (QED) is 0.672. The number of aromatic carboxylic acids is 1. The van der Waals surface area contributed by atoms with Gasteiger partial charge in [0.05, 0.1) is 24.4 Å². The summed E-state index contributed by atoms with van der Waals surface area (Å²) in [5, 5.41) is 11.6. The number of carboxylic acids is 1. The van der Waals surface area contributed by atoms with Crippen molar-refractivity contribution < 1.29 is 19.4 Å². The van der Waals surface area contributed by atoms with Gasteiger partial charge in [-0.15, -0.1) is 0 Å². The highest BCUT2D eigenvalue weighted by atomic mass is 16.5. The minimum atomic E-state index is -1.23. The summed E-state index contributed by atoms with van der Waals surface area (Å²) in [5.41, 5.74) is 2.62. The van der Waals surface area contributed by atoms with E-state index < -0.39 is 17.0 Å². The Labute approximate surface area is 194 Å². The van der Waals surface area contributed by atoms with Gasteiger partial charge in [-0.05, 0) is 57.4 Å². The average Bonchev–Trinajstić information content (AvgIpc) is 2.76. The van der Waals surface area contributed by atoms with Crippen molar-refractivity contribution in [3.8, 4) is 23.1 Å². The van der Waals surface area contributed by atoms with Crippen molar-refractivity contribution in [2.24, 2.45) is 0 Å². The van der Waals surface area contributed by atoms with Crippen molar-refractivity contribution in [3.63, 3.8) is 0 Å². The number of pyridine rings is 1. The predicted molar refractivity (Wildman–Crippen MR) is 128 cm³/mol. The Balaban J connectivity index is 2.30. The van der Waals surface area contributed by atoms with E-state index in [1.807, 2.05) is 30.7 Å². The molecule has 176 valence electrons. The summed E-state index contributed by atoms with van der Waals surface area (Å²) in [7, 11) is 3.25. The van der Waals surface area contributed by atoms with Gasteiger partial charge in [0.2, 0.25) is 0 Å². The molecular weight excluding hydrogens is 420 g/mol. The third kappa shape index (κ3) is 4.82. The van der Waals surface area contributed by atoms with Gasteiger partial charge in [-0.2, -0.15) is 0 Å². The Morgan fingerprint density at radius 2 is 1.88 bits per heavy atom. The summed E-state index contributed by atoms with van der Waals surface area (Å²) in [6.07, 6.45) is 2.26. The van der Waals surface area contributed by atoms with E-state index in [-0.39, 0.29) is 11.1 Å². The molecule has 0 amide bonds. The molecule has 0 bridgehead atoms. The first-order valence-corrected chi connectivity index (χ1v) is 11.0. The lowest BCUT2D eigenvalue weighted by Crippen LogP contribution is -2.52. The third-order valence-corrected chi connectivity index (χ3v) is 6.32. The summed E-state index contributed by atoms with van der Waals surface area (Å²) < 4.78 is 12.7. The summed E-state index contributed by atoms with van der Waals surface area (Å²) in [5.74, 6) is 5.18. The Morgan fingerprint density at radius 1 is 1.18 bits per heavy atom. The maximum absolute atomic E-state index is 12.6. The molecule has 7 nitrogen and oxygen atoms in total. The number of carbonyl (C=O) groups is 1. The lowest BCUT2D eigenvalue weighted by molar-refractivity contribution is 0.0693. The molecule has 3 rings (SSSR count). The van der Waals surface area contributed by atoms with E-state index in [2.05, 4.69) is 37.6 Å². The van der Waals surface area contributed by atoms with Crippen LogP contribution in [0.1, 0.15) is 68.1 Å². The van der Waals surface area contributed by atoms with Gasteiger partial charge in [0, 0.05) is 37.6 Å². The van der Waals surface area contributed by atoms with Crippen LogP contribution in [0.25, 0.3) is 11.3 Å². The van der Waals surface area contributed by atoms with Crippen LogP contribution in [0.4, 0.5) is 0 Å². The maximum Gasteiger partial charge on any atom is 0.341 e. The molecule has 1 aliphatic heterocycles. The van der Waals surface area contributed by atoms with Gasteiger partial charge in [-0.3, -0.25) is 9.47 Å². The van der Waals surface area contributed by atoms with Gasteiger partial charge in [0.25, 0.3) is 0 Å². The van der Waals surface area contributed by atoms with E-state index >= 15 is 0 Å². The normalized spacial score (nSPS) is 13.1. The zero-order valence-corrected chi connectivity index (χ0v) is 20.4. The van der Waals surface area contributed by atoms with E-state index in [9.17, 15) is 14.7 Å². The number of nitrogens with zero attached hydrogens (tertiary/aromatic N) is 2. The Morgan fingerprint density at radius 3 is 2.45 bits per heavy atom. The largest absolute Gasteiger partial charge is 0.477 e. The molecule has 0 aliphatic carbocycles. The van der Waals surface area contributed by atoms with Gasteiger partial charge in [0.1, 0.15) is 11.2 Å². The van der Waals surface area contributed by atoms with Crippen molar-refractivity contribution in [2.75, 3.05) is 19.2 Å². The fourth-order valence-corrected chi connectivity index (χ4v) is 3.73. The molecule has 1 aromatic heterocycles. The first-order valence-electron chi connectivity index (χ1n) is 11.0. The van der Waals surface area contributed by atoms with Crippen LogP contribution in [0.5, 0.6) is 0 Å². The number of ether oxygens (including phenoxy) is 2. The molecule has 0 fully saturated rings. The number of hydrogen-bond acceptors (Lipinski definition) is 5. The van der Waals surface area contributed by atoms with Crippen LogP contribution < -0.4 is 10.4 Å². The topological polar surface area (TPSA) is 81.0 Å². The minimum absolute atomic E-state index is 0.250. The van der Waals surface area contributed by atoms with Crippen molar-refractivity contribution in [3.05, 3.63) is 56.9 Å². The predicted octanol–water partition coefficient (Wildman–Crippen LogP) is 3.78. The van der Waals surface area contributed by atoms with Crippen molar-refractivity contribution in [1.82, 2.24) is 4.68 Å². The molecular formula is C26H32N2O5. The van der Waals surface area contributed by atoms with Crippen LogP contribution in [0.15, 0.2) is 29.2 Å². The first-order chi connectivity index (χ1) is 15.4. The number of benzene rings is 1. The van der Waals surface area contributed by atoms with Crippen LogP contribution in [0.2, 0.25) is 0 Å². The van der Waals surface area contributed by atoms with E-state index in [0.717, 1.165) is 28.7 Å². The lowest BCUT2D eigenvalue weighted by atomic mass is 9.92. The Bertz CT molecular complexity index is 1200. The van der Waals surface area contributed by atoms with Crippen LogP contribution in [-0.4, -0.2) is 41.1 Å². The lowest BCUT2D eigenvalue weighted by Gasteiger charge is -2.45. The molecule has 0 saturated heterocycles. The Kier molecular flexibility index (Phi) is 6.73. The van der Waals surface area contributed by atoms with Gasteiger partial charge in [-0.25, -0.2) is 4.79 Å². The second-order valence-corrected chi connectivity index (χ2v) is 9.37. The van der Waals surface area contributed by atoms with E-state index in [1.165, 1.54) is 12.3 Å². The summed E-state index contributed by atoms with van der Waals surface area (Å²) in [6, 6.07) is 5.45. The van der Waals surface area contributed by atoms with Crippen LogP contribution >= 0.6 is 0 Å². The number of carboxylic acid groups (broad SMARTS) is 1. The first kappa shape index (κ1) is 24.6. The van der Waals surface area contributed by atoms with Crippen LogP contribution in [-0.2, 0) is 22.6 Å². The number of methoxy groups -OCH3 is 2. The SMILES string of the molecule is CCC(C)(C)N1Cc2cc(C#CC(C)(C)OC)c(COC)cc2-c2cc(=O)c(C(=O)O)cn21. The molecule has 2 aromatic rings. The Hall–Kier alpha value is -3.08. The van der Waals surface area contributed by atoms with E-state index in [1.54, 1.807) is 14.2 Å². The highest BCUT2D eigenvalue weighted by Crippen LogP contribution is 2.35. The summed E-state index contributed by atoms with van der Waals surface area (Å²) >= 11 is 0. The summed E-state index contributed by atoms with van der Waals surface area (Å²) in [6.45, 7) is 11.0. The number of aromatic nitrogens is 1. The fourth-order valence-electron chi connectivity index (χ4n) is 3.73. The van der Waals surface area contributed by atoms with E-state index in [0.29, 0.717) is 18.8 Å². The fraction of sp³-hybridized carbons (Fsp3) is 0.462. The van der Waals surface area contributed by atoms with Gasteiger partial charge in [-0.1, -0.05) is 18.8 Å². The van der Waals surface area contributed by atoms with Crippen LogP contribution in [0, 0.1) is 11.8 Å². The zero-order valence-electron chi connectivity index (χ0n) is 20.4. The van der Waals surface area contributed by atoms with Crippen LogP contribution in [0.3, 0.4) is 0 Å². The van der Waals surface area contributed by atoms with Crippen molar-refractivity contribution >= 4 is 5.97 Å². The summed E-state index contributed by atoms with van der Waals surface area (Å²) in [4.78, 5) is 24.3. The monoisotopic (exact) mass is 452 g/mol. The molecule has 1 aromatic carbocycles. The van der Waals surface area contributed by atoms with Gasteiger partial charge >= 0.3 is 5.97 Å². The minimum Gasteiger partial charge on any atom is -0.477 e. The molecule has 1 aliphatic rings. The molecule has 0 spiro atoms. The number of rotatable bonds is 6.